The van der Waals surface area contributed by atoms with Crippen molar-refractivity contribution in [3.8, 4) is 0 Å². The van der Waals surface area contributed by atoms with Gasteiger partial charge < -0.3 is 5.32 Å². The zero-order valence-corrected chi connectivity index (χ0v) is 13.5. The van der Waals surface area contributed by atoms with Crippen molar-refractivity contribution >= 4 is 23.2 Å². The lowest BCUT2D eigenvalue weighted by Crippen LogP contribution is -2.37. The molecule has 0 aromatic heterocycles. The van der Waals surface area contributed by atoms with E-state index in [0.29, 0.717) is 11.1 Å². The summed E-state index contributed by atoms with van der Waals surface area (Å²) in [6, 6.07) is 6.51. The molecule has 3 rings (SSSR count). The number of fused-ring (bicyclic) bond motifs is 2. The summed E-state index contributed by atoms with van der Waals surface area (Å²) in [5, 5.41) is 5.16. The minimum atomic E-state index is 0.248. The Morgan fingerprint density at radius 3 is 2.55 bits per heavy atom. The summed E-state index contributed by atoms with van der Waals surface area (Å²) in [7, 11) is 0. The molecule has 0 spiro atoms. The molecule has 5 unspecified atom stereocenters. The molecule has 2 bridgehead atoms. The molecular formula is C17H21Cl2N. The Hall–Kier alpha value is -0.500. The van der Waals surface area contributed by atoms with Gasteiger partial charge in [-0.1, -0.05) is 41.4 Å². The number of rotatable bonds is 4. The minimum Gasteiger partial charge on any atom is -0.307 e. The van der Waals surface area contributed by atoms with E-state index in [4.69, 9.17) is 23.2 Å². The van der Waals surface area contributed by atoms with Crippen LogP contribution in [0.25, 0.3) is 0 Å². The Balaban J connectivity index is 1.66. The Bertz CT molecular complexity index is 526. The average Bonchev–Trinajstić information content (AvgIpc) is 3.00. The summed E-state index contributed by atoms with van der Waals surface area (Å²) in [6.07, 6.45) is 7.49. The maximum absolute atomic E-state index is 6.29. The molecule has 1 aromatic carbocycles. The summed E-state index contributed by atoms with van der Waals surface area (Å²) < 4.78 is 0. The highest BCUT2D eigenvalue weighted by atomic mass is 35.5. The topological polar surface area (TPSA) is 12.0 Å². The molecule has 1 nitrogen and oxygen atoms in total. The van der Waals surface area contributed by atoms with E-state index in [2.05, 4.69) is 31.3 Å². The largest absolute Gasteiger partial charge is 0.307 e. The van der Waals surface area contributed by atoms with Crippen LogP contribution in [-0.2, 0) is 0 Å². The fraction of sp³-hybridized carbons (Fsp3) is 0.529. The van der Waals surface area contributed by atoms with Crippen LogP contribution in [0.3, 0.4) is 0 Å². The molecule has 108 valence electrons. The normalized spacial score (nSPS) is 30.7. The van der Waals surface area contributed by atoms with E-state index in [0.717, 1.165) is 28.3 Å². The lowest BCUT2D eigenvalue weighted by molar-refractivity contribution is 0.307. The molecule has 1 N–H and O–H groups in total. The molecule has 2 aliphatic rings. The molecule has 0 amide bonds. The van der Waals surface area contributed by atoms with Crippen molar-refractivity contribution in [2.75, 3.05) is 0 Å². The van der Waals surface area contributed by atoms with Crippen molar-refractivity contribution in [1.29, 1.82) is 0 Å². The number of benzene rings is 1. The van der Waals surface area contributed by atoms with Crippen molar-refractivity contribution in [2.24, 2.45) is 17.8 Å². The minimum absolute atomic E-state index is 0.248. The Morgan fingerprint density at radius 1 is 1.15 bits per heavy atom. The molecule has 3 heteroatoms. The lowest BCUT2D eigenvalue weighted by Gasteiger charge is -2.29. The van der Waals surface area contributed by atoms with Gasteiger partial charge in [-0.05, 0) is 62.1 Å². The Kier molecular flexibility index (Phi) is 4.12. The highest BCUT2D eigenvalue weighted by Gasteiger charge is 2.38. The third-order valence-electron chi connectivity index (χ3n) is 4.91. The van der Waals surface area contributed by atoms with Crippen LogP contribution in [0.4, 0.5) is 0 Å². The molecule has 20 heavy (non-hydrogen) atoms. The molecule has 0 radical (unpaired) electrons. The zero-order chi connectivity index (χ0) is 14.3. The van der Waals surface area contributed by atoms with Crippen molar-refractivity contribution in [2.45, 2.75) is 38.8 Å². The van der Waals surface area contributed by atoms with Crippen LogP contribution in [0, 0.1) is 17.8 Å². The summed E-state index contributed by atoms with van der Waals surface area (Å²) in [5.41, 5.74) is 1.13. The number of hydrogen-bond acceptors (Lipinski definition) is 1. The standard InChI is InChI=1S/C17H21Cl2N/c1-10(15-6-5-14(18)9-17(15)19)20-11(2)16-8-12-3-4-13(16)7-12/h3-6,9-13,16,20H,7-8H2,1-2H3. The van der Waals surface area contributed by atoms with Crippen LogP contribution in [0.1, 0.15) is 38.3 Å². The van der Waals surface area contributed by atoms with Crippen molar-refractivity contribution < 1.29 is 0 Å². The second kappa shape index (κ2) is 5.71. The number of allylic oxidation sites excluding steroid dienone is 2. The Morgan fingerprint density at radius 2 is 1.95 bits per heavy atom. The van der Waals surface area contributed by atoms with Gasteiger partial charge in [-0.2, -0.15) is 0 Å². The fourth-order valence-corrected chi connectivity index (χ4v) is 4.43. The van der Waals surface area contributed by atoms with Gasteiger partial charge in [0.25, 0.3) is 0 Å². The molecule has 2 aliphatic carbocycles. The van der Waals surface area contributed by atoms with Gasteiger partial charge >= 0.3 is 0 Å². The van der Waals surface area contributed by atoms with Gasteiger partial charge in [0.15, 0.2) is 0 Å². The fourth-order valence-electron chi connectivity index (χ4n) is 3.86. The molecule has 1 saturated carbocycles. The van der Waals surface area contributed by atoms with E-state index >= 15 is 0 Å². The van der Waals surface area contributed by atoms with E-state index < -0.39 is 0 Å². The first kappa shape index (κ1) is 14.4. The highest BCUT2D eigenvalue weighted by Crippen LogP contribution is 2.45. The van der Waals surface area contributed by atoms with E-state index in [1.807, 2.05) is 18.2 Å². The second-order valence-corrected chi connectivity index (χ2v) is 7.13. The molecule has 5 atom stereocenters. The number of halogens is 2. The van der Waals surface area contributed by atoms with Gasteiger partial charge in [0.05, 0.1) is 0 Å². The maximum atomic E-state index is 6.29. The first-order valence-corrected chi connectivity index (χ1v) is 8.19. The quantitative estimate of drug-likeness (QED) is 0.749. The van der Waals surface area contributed by atoms with Gasteiger partial charge in [-0.3, -0.25) is 0 Å². The molecule has 0 heterocycles. The molecule has 1 fully saturated rings. The van der Waals surface area contributed by atoms with Crippen LogP contribution < -0.4 is 5.32 Å². The summed E-state index contributed by atoms with van der Waals surface area (Å²) in [6.45, 7) is 4.48. The molecule has 1 aromatic rings. The van der Waals surface area contributed by atoms with E-state index in [1.165, 1.54) is 12.8 Å². The smallest absolute Gasteiger partial charge is 0.0468 e. The van der Waals surface area contributed by atoms with E-state index in [1.54, 1.807) is 0 Å². The van der Waals surface area contributed by atoms with Crippen LogP contribution in [-0.4, -0.2) is 6.04 Å². The third-order valence-corrected chi connectivity index (χ3v) is 5.48. The average molecular weight is 310 g/mol. The van der Waals surface area contributed by atoms with Gasteiger partial charge in [0.1, 0.15) is 0 Å². The summed E-state index contributed by atoms with van der Waals surface area (Å²) >= 11 is 12.3. The van der Waals surface area contributed by atoms with E-state index in [9.17, 15) is 0 Å². The predicted molar refractivity (Wildman–Crippen MR) is 86.3 cm³/mol. The first-order valence-electron chi connectivity index (χ1n) is 7.44. The second-order valence-electron chi connectivity index (χ2n) is 6.29. The highest BCUT2D eigenvalue weighted by molar-refractivity contribution is 6.35. The van der Waals surface area contributed by atoms with Crippen molar-refractivity contribution in [3.05, 3.63) is 46.0 Å². The summed E-state index contributed by atoms with van der Waals surface area (Å²) in [4.78, 5) is 0. The van der Waals surface area contributed by atoms with Gasteiger partial charge in [0.2, 0.25) is 0 Å². The lowest BCUT2D eigenvalue weighted by atomic mass is 9.87. The van der Waals surface area contributed by atoms with Gasteiger partial charge in [0, 0.05) is 22.1 Å². The SMILES string of the molecule is CC(NC(C)C1CC2C=CC1C2)c1ccc(Cl)cc1Cl. The first-order chi connectivity index (χ1) is 9.54. The number of hydrogen-bond donors (Lipinski definition) is 1. The van der Waals surface area contributed by atoms with E-state index in [-0.39, 0.29) is 6.04 Å². The predicted octanol–water partition coefficient (Wildman–Crippen LogP) is 5.24. The molecule has 0 saturated heterocycles. The van der Waals surface area contributed by atoms with Crippen molar-refractivity contribution in [3.63, 3.8) is 0 Å². The van der Waals surface area contributed by atoms with Gasteiger partial charge in [-0.25, -0.2) is 0 Å². The number of nitrogens with one attached hydrogen (secondary N) is 1. The molecular weight excluding hydrogens is 289 g/mol. The summed E-state index contributed by atoms with van der Waals surface area (Å²) in [5.74, 6) is 2.36. The van der Waals surface area contributed by atoms with Crippen LogP contribution in [0.2, 0.25) is 10.0 Å². The van der Waals surface area contributed by atoms with Crippen LogP contribution in [0.15, 0.2) is 30.4 Å². The monoisotopic (exact) mass is 309 g/mol. The van der Waals surface area contributed by atoms with Gasteiger partial charge in [-0.15, -0.1) is 0 Å². The van der Waals surface area contributed by atoms with Crippen LogP contribution >= 0.6 is 23.2 Å². The Labute approximate surface area is 131 Å². The zero-order valence-electron chi connectivity index (χ0n) is 11.9. The maximum Gasteiger partial charge on any atom is 0.0468 e. The third kappa shape index (κ3) is 2.77. The van der Waals surface area contributed by atoms with Crippen LogP contribution in [0.5, 0.6) is 0 Å². The molecule has 0 aliphatic heterocycles. The van der Waals surface area contributed by atoms with Crippen molar-refractivity contribution in [1.82, 2.24) is 5.32 Å².